The molecule has 0 saturated heterocycles. The predicted octanol–water partition coefficient (Wildman–Crippen LogP) is 4.34. The van der Waals surface area contributed by atoms with E-state index in [0.29, 0.717) is 17.2 Å². The minimum Gasteiger partial charge on any atom is -0.478 e. The van der Waals surface area contributed by atoms with Gasteiger partial charge in [-0.15, -0.1) is 0 Å². The Balaban J connectivity index is 2.21. The summed E-state index contributed by atoms with van der Waals surface area (Å²) in [6, 6.07) is 11.1. The molecule has 1 N–H and O–H groups in total. The van der Waals surface area contributed by atoms with Gasteiger partial charge >= 0.3 is 5.97 Å². The lowest BCUT2D eigenvalue weighted by Crippen LogP contribution is -2.29. The van der Waals surface area contributed by atoms with E-state index < -0.39 is 12.1 Å². The molecule has 1 atom stereocenters. The van der Waals surface area contributed by atoms with Gasteiger partial charge in [-0.1, -0.05) is 23.7 Å². The third kappa shape index (κ3) is 4.25. The van der Waals surface area contributed by atoms with Crippen LogP contribution in [-0.2, 0) is 11.2 Å². The van der Waals surface area contributed by atoms with Gasteiger partial charge in [0.05, 0.1) is 0 Å². The molecular formula is C18H19ClO3. The van der Waals surface area contributed by atoms with Crippen LogP contribution in [-0.4, -0.2) is 17.2 Å². The van der Waals surface area contributed by atoms with Crippen LogP contribution in [0, 0.1) is 20.8 Å². The van der Waals surface area contributed by atoms with E-state index in [1.807, 2.05) is 51.1 Å². The smallest absolute Gasteiger partial charge is 0.345 e. The molecule has 0 saturated carbocycles. The Hall–Kier alpha value is -2.00. The predicted molar refractivity (Wildman–Crippen MR) is 87.9 cm³/mol. The molecule has 0 unspecified atom stereocenters. The number of aryl methyl sites for hydroxylation is 3. The molecule has 0 aliphatic heterocycles. The van der Waals surface area contributed by atoms with Crippen LogP contribution in [0.5, 0.6) is 5.75 Å². The maximum Gasteiger partial charge on any atom is 0.345 e. The maximum atomic E-state index is 11.5. The van der Waals surface area contributed by atoms with Crippen LogP contribution in [0.2, 0.25) is 5.02 Å². The molecule has 0 bridgehead atoms. The number of ether oxygens (including phenoxy) is 1. The summed E-state index contributed by atoms with van der Waals surface area (Å²) < 4.78 is 5.69. The number of carbonyl (C=O) groups is 1. The monoisotopic (exact) mass is 318 g/mol. The molecule has 0 heterocycles. The summed E-state index contributed by atoms with van der Waals surface area (Å²) in [5.41, 5.74) is 3.97. The Morgan fingerprint density at radius 3 is 2.32 bits per heavy atom. The topological polar surface area (TPSA) is 46.5 Å². The van der Waals surface area contributed by atoms with Crippen LogP contribution >= 0.6 is 11.6 Å². The van der Waals surface area contributed by atoms with E-state index in [0.717, 1.165) is 22.3 Å². The van der Waals surface area contributed by atoms with Crippen LogP contribution in [0.15, 0.2) is 36.4 Å². The minimum absolute atomic E-state index is 0.297. The standard InChI is InChI=1S/C18H19ClO3/c1-11-6-12(2)8-16(7-11)22-17(18(20)21)10-14-4-5-15(19)9-13(14)3/h4-9,17H,10H2,1-3H3,(H,20,21)/t17-/m0/s1. The molecule has 4 heteroatoms. The number of halogens is 1. The van der Waals surface area contributed by atoms with Crippen LogP contribution in [0.3, 0.4) is 0 Å². The average molecular weight is 319 g/mol. The van der Waals surface area contributed by atoms with Crippen molar-refractivity contribution in [2.45, 2.75) is 33.3 Å². The first-order valence-electron chi connectivity index (χ1n) is 7.08. The molecular weight excluding hydrogens is 300 g/mol. The van der Waals surface area contributed by atoms with Gasteiger partial charge < -0.3 is 9.84 Å². The molecule has 116 valence electrons. The van der Waals surface area contributed by atoms with E-state index >= 15 is 0 Å². The summed E-state index contributed by atoms with van der Waals surface area (Å²) in [7, 11) is 0. The molecule has 22 heavy (non-hydrogen) atoms. The van der Waals surface area contributed by atoms with Crippen molar-refractivity contribution in [2.24, 2.45) is 0 Å². The quantitative estimate of drug-likeness (QED) is 0.892. The molecule has 0 fully saturated rings. The van der Waals surface area contributed by atoms with Gasteiger partial charge in [-0.25, -0.2) is 4.79 Å². The molecule has 0 aromatic heterocycles. The molecule has 0 aliphatic rings. The fraction of sp³-hybridized carbons (Fsp3) is 0.278. The highest BCUT2D eigenvalue weighted by atomic mass is 35.5. The maximum absolute atomic E-state index is 11.5. The Morgan fingerprint density at radius 2 is 1.77 bits per heavy atom. The fourth-order valence-corrected chi connectivity index (χ4v) is 2.66. The van der Waals surface area contributed by atoms with Crippen molar-refractivity contribution in [3.05, 3.63) is 63.7 Å². The van der Waals surface area contributed by atoms with Crippen LogP contribution < -0.4 is 4.74 Å². The molecule has 0 spiro atoms. The highest BCUT2D eigenvalue weighted by molar-refractivity contribution is 6.30. The molecule has 3 nitrogen and oxygen atoms in total. The zero-order valence-electron chi connectivity index (χ0n) is 12.9. The zero-order chi connectivity index (χ0) is 16.3. The van der Waals surface area contributed by atoms with Gasteiger partial charge in [0.1, 0.15) is 5.75 Å². The summed E-state index contributed by atoms with van der Waals surface area (Å²) >= 11 is 5.93. The van der Waals surface area contributed by atoms with Gasteiger partial charge in [-0.2, -0.15) is 0 Å². The fourth-order valence-electron chi connectivity index (χ4n) is 2.43. The average Bonchev–Trinajstić information content (AvgIpc) is 2.39. The molecule has 2 aromatic carbocycles. The van der Waals surface area contributed by atoms with E-state index in [-0.39, 0.29) is 0 Å². The highest BCUT2D eigenvalue weighted by Crippen LogP contribution is 2.21. The van der Waals surface area contributed by atoms with Crippen molar-refractivity contribution in [1.82, 2.24) is 0 Å². The summed E-state index contributed by atoms with van der Waals surface area (Å²) in [5, 5.41) is 10.1. The summed E-state index contributed by atoms with van der Waals surface area (Å²) in [4.78, 5) is 11.5. The van der Waals surface area contributed by atoms with Gasteiger partial charge in [0.2, 0.25) is 0 Å². The Morgan fingerprint density at radius 1 is 1.14 bits per heavy atom. The second-order valence-electron chi connectivity index (χ2n) is 5.54. The molecule has 2 rings (SSSR count). The van der Waals surface area contributed by atoms with Gasteiger partial charge in [0.25, 0.3) is 0 Å². The van der Waals surface area contributed by atoms with E-state index in [1.54, 1.807) is 6.07 Å². The number of carboxylic acids is 1. The van der Waals surface area contributed by atoms with Crippen molar-refractivity contribution in [2.75, 3.05) is 0 Å². The SMILES string of the molecule is Cc1cc(C)cc(O[C@@H](Cc2ccc(Cl)cc2C)C(=O)O)c1. The first kappa shape index (κ1) is 16.4. The third-order valence-electron chi connectivity index (χ3n) is 3.46. The molecule has 0 radical (unpaired) electrons. The zero-order valence-corrected chi connectivity index (χ0v) is 13.6. The van der Waals surface area contributed by atoms with E-state index in [4.69, 9.17) is 16.3 Å². The van der Waals surface area contributed by atoms with E-state index in [9.17, 15) is 9.90 Å². The normalized spacial score (nSPS) is 12.0. The molecule has 2 aromatic rings. The number of rotatable bonds is 5. The van der Waals surface area contributed by atoms with Gasteiger partial charge in [0.15, 0.2) is 6.10 Å². The summed E-state index contributed by atoms with van der Waals surface area (Å²) in [6.45, 7) is 5.83. The summed E-state index contributed by atoms with van der Waals surface area (Å²) in [5.74, 6) is -0.398. The minimum atomic E-state index is -0.978. The first-order chi connectivity index (χ1) is 10.3. The third-order valence-corrected chi connectivity index (χ3v) is 3.69. The second kappa shape index (κ2) is 6.84. The van der Waals surface area contributed by atoms with Crippen molar-refractivity contribution in [3.63, 3.8) is 0 Å². The van der Waals surface area contributed by atoms with Crippen LogP contribution in [0.4, 0.5) is 0 Å². The summed E-state index contributed by atoms with van der Waals surface area (Å²) in [6.07, 6.45) is -0.633. The highest BCUT2D eigenvalue weighted by Gasteiger charge is 2.21. The van der Waals surface area contributed by atoms with Crippen molar-refractivity contribution >= 4 is 17.6 Å². The van der Waals surface area contributed by atoms with Crippen molar-refractivity contribution < 1.29 is 14.6 Å². The van der Waals surface area contributed by atoms with Crippen LogP contribution in [0.1, 0.15) is 22.3 Å². The first-order valence-corrected chi connectivity index (χ1v) is 7.46. The lowest BCUT2D eigenvalue weighted by molar-refractivity contribution is -0.145. The van der Waals surface area contributed by atoms with Crippen molar-refractivity contribution in [3.8, 4) is 5.75 Å². The number of benzene rings is 2. The Labute approximate surface area is 135 Å². The van der Waals surface area contributed by atoms with Gasteiger partial charge in [-0.05, 0) is 67.3 Å². The largest absolute Gasteiger partial charge is 0.478 e. The molecule has 0 amide bonds. The van der Waals surface area contributed by atoms with Crippen molar-refractivity contribution in [1.29, 1.82) is 0 Å². The van der Waals surface area contributed by atoms with Crippen LogP contribution in [0.25, 0.3) is 0 Å². The van der Waals surface area contributed by atoms with E-state index in [2.05, 4.69) is 0 Å². The van der Waals surface area contributed by atoms with E-state index in [1.165, 1.54) is 0 Å². The number of aliphatic carboxylic acids is 1. The van der Waals surface area contributed by atoms with Gasteiger partial charge in [-0.3, -0.25) is 0 Å². The number of hydrogen-bond donors (Lipinski definition) is 1. The number of carboxylic acid groups (broad SMARTS) is 1. The lowest BCUT2D eigenvalue weighted by atomic mass is 10.0. The second-order valence-corrected chi connectivity index (χ2v) is 5.98. The lowest BCUT2D eigenvalue weighted by Gasteiger charge is -2.17. The van der Waals surface area contributed by atoms with Gasteiger partial charge in [0, 0.05) is 11.4 Å². The Kier molecular flexibility index (Phi) is 5.09. The molecule has 0 aliphatic carbocycles. The number of hydrogen-bond acceptors (Lipinski definition) is 2. The Bertz CT molecular complexity index is 674.